The average Bonchev–Trinajstić information content (AvgIpc) is 3.09. The minimum absolute atomic E-state index is 0.0666. The largest absolute Gasteiger partial charge is 0.457 e. The molecule has 0 aromatic heterocycles. The van der Waals surface area contributed by atoms with E-state index in [0.717, 1.165) is 16.7 Å². The molecule has 4 aromatic carbocycles. The molecule has 1 amide bonds. The second-order valence-corrected chi connectivity index (χ2v) is 13.3. The first-order chi connectivity index (χ1) is 22.5. The Kier molecular flexibility index (Phi) is 10.6. The van der Waals surface area contributed by atoms with Crippen LogP contribution in [0.4, 0.5) is 0 Å². The molecule has 12 heteroatoms. The van der Waals surface area contributed by atoms with Gasteiger partial charge in [0.2, 0.25) is 5.91 Å². The topological polar surface area (TPSA) is 153 Å². The zero-order valence-electron chi connectivity index (χ0n) is 25.3. The number of β-lactam (4-membered cyclic amide) rings is 1. The number of amides is 1. The predicted molar refractivity (Wildman–Crippen MR) is 177 cm³/mol. The SMILES string of the molecule is Cc1ccc(S(=O)(=O)O)cc1.N[C@@H]1C(=O)N2C(C(=O)OC(c3ccccc3)c3ccccc3)=C(COC(=O)c3ccccc3)CS[C@@H]12. The fourth-order valence-corrected chi connectivity index (χ4v) is 6.70. The van der Waals surface area contributed by atoms with Gasteiger partial charge in [0.1, 0.15) is 23.7 Å². The molecule has 0 spiro atoms. The number of nitrogens with zero attached hydrogens (tertiary/aromatic N) is 1. The highest BCUT2D eigenvalue weighted by Crippen LogP contribution is 2.41. The van der Waals surface area contributed by atoms with E-state index in [2.05, 4.69) is 0 Å². The number of benzene rings is 4. The molecule has 0 radical (unpaired) electrons. The Hall–Kier alpha value is -4.75. The Bertz CT molecular complexity index is 1830. The maximum absolute atomic E-state index is 13.7. The smallest absolute Gasteiger partial charge is 0.356 e. The molecule has 2 heterocycles. The maximum Gasteiger partial charge on any atom is 0.356 e. The fraction of sp³-hybridized carbons (Fsp3) is 0.171. The summed E-state index contributed by atoms with van der Waals surface area (Å²) in [6, 6.07) is 32.7. The third-order valence-electron chi connectivity index (χ3n) is 7.42. The van der Waals surface area contributed by atoms with Crippen molar-refractivity contribution in [3.8, 4) is 0 Å². The molecular formula is C35H32N2O8S2. The van der Waals surface area contributed by atoms with Gasteiger partial charge in [-0.1, -0.05) is 96.6 Å². The van der Waals surface area contributed by atoms with Gasteiger partial charge in [0, 0.05) is 11.3 Å². The predicted octanol–water partition coefficient (Wildman–Crippen LogP) is 4.91. The Morgan fingerprint density at radius 1 is 0.872 bits per heavy atom. The molecule has 0 aliphatic carbocycles. The number of esters is 2. The van der Waals surface area contributed by atoms with Crippen molar-refractivity contribution in [1.82, 2.24) is 4.90 Å². The summed E-state index contributed by atoms with van der Waals surface area (Å²) < 4.78 is 41.1. The lowest BCUT2D eigenvalue weighted by atomic mass is 10.0. The first-order valence-electron chi connectivity index (χ1n) is 14.5. The minimum atomic E-state index is -4.02. The van der Waals surface area contributed by atoms with Crippen LogP contribution in [0.1, 0.15) is 33.2 Å². The number of nitrogens with two attached hydrogens (primary N) is 1. The van der Waals surface area contributed by atoms with Gasteiger partial charge in [0.25, 0.3) is 10.1 Å². The average molecular weight is 673 g/mol. The van der Waals surface area contributed by atoms with Gasteiger partial charge in [-0.3, -0.25) is 14.2 Å². The molecule has 3 N–H and O–H groups in total. The van der Waals surface area contributed by atoms with Crippen molar-refractivity contribution in [2.75, 3.05) is 12.4 Å². The molecule has 1 fully saturated rings. The van der Waals surface area contributed by atoms with Crippen LogP contribution in [-0.4, -0.2) is 59.5 Å². The zero-order chi connectivity index (χ0) is 33.6. The maximum atomic E-state index is 13.7. The normalized spacial score (nSPS) is 17.2. The van der Waals surface area contributed by atoms with Gasteiger partial charge in [-0.2, -0.15) is 8.42 Å². The van der Waals surface area contributed by atoms with Crippen molar-refractivity contribution in [1.29, 1.82) is 0 Å². The first kappa shape index (κ1) is 33.6. The summed E-state index contributed by atoms with van der Waals surface area (Å²) >= 11 is 1.44. The van der Waals surface area contributed by atoms with E-state index in [9.17, 15) is 22.8 Å². The van der Waals surface area contributed by atoms with Crippen molar-refractivity contribution < 1.29 is 36.8 Å². The van der Waals surface area contributed by atoms with Crippen LogP contribution in [0.3, 0.4) is 0 Å². The number of aryl methyl sites for hydroxylation is 1. The molecule has 242 valence electrons. The lowest BCUT2D eigenvalue weighted by molar-refractivity contribution is -0.153. The van der Waals surface area contributed by atoms with Crippen LogP contribution in [0, 0.1) is 6.92 Å². The van der Waals surface area contributed by atoms with Gasteiger partial charge >= 0.3 is 11.9 Å². The Labute approximate surface area is 276 Å². The minimum Gasteiger partial charge on any atom is -0.457 e. The molecule has 0 unspecified atom stereocenters. The van der Waals surface area contributed by atoms with E-state index in [1.54, 1.807) is 42.5 Å². The van der Waals surface area contributed by atoms with Gasteiger partial charge in [0.15, 0.2) is 6.10 Å². The fourth-order valence-electron chi connectivity index (χ4n) is 4.95. The first-order valence-corrected chi connectivity index (χ1v) is 17.0. The third kappa shape index (κ3) is 7.98. The summed E-state index contributed by atoms with van der Waals surface area (Å²) in [7, 11) is -4.02. The van der Waals surface area contributed by atoms with Crippen molar-refractivity contribution in [3.63, 3.8) is 0 Å². The Balaban J connectivity index is 0.000000335. The van der Waals surface area contributed by atoms with Crippen LogP contribution in [0.25, 0.3) is 0 Å². The van der Waals surface area contributed by atoms with Gasteiger partial charge in [-0.25, -0.2) is 9.59 Å². The summed E-state index contributed by atoms with van der Waals surface area (Å²) in [5, 5.41) is -0.361. The van der Waals surface area contributed by atoms with Gasteiger partial charge in [0.05, 0.1) is 10.5 Å². The van der Waals surface area contributed by atoms with Crippen LogP contribution >= 0.6 is 11.8 Å². The number of thioether (sulfide) groups is 1. The highest BCUT2D eigenvalue weighted by Gasteiger charge is 2.52. The quantitative estimate of drug-likeness (QED) is 0.150. The van der Waals surface area contributed by atoms with E-state index in [1.165, 1.54) is 28.8 Å². The molecule has 47 heavy (non-hydrogen) atoms. The molecule has 0 saturated carbocycles. The van der Waals surface area contributed by atoms with Crippen molar-refractivity contribution in [3.05, 3.63) is 149 Å². The van der Waals surface area contributed by atoms with Crippen LogP contribution < -0.4 is 5.73 Å². The Morgan fingerprint density at radius 3 is 1.94 bits per heavy atom. The molecular weight excluding hydrogens is 641 g/mol. The number of hydrogen-bond donors (Lipinski definition) is 2. The number of carbonyl (C=O) groups excluding carboxylic acids is 3. The molecule has 2 aliphatic rings. The van der Waals surface area contributed by atoms with E-state index in [-0.39, 0.29) is 28.5 Å². The van der Waals surface area contributed by atoms with Crippen LogP contribution in [0.2, 0.25) is 0 Å². The standard InChI is InChI=1S/C28H24N2O5S.C7H8O3S/c29-22-25(31)30-23(21(17-36-26(22)30)16-34-27(32)20-14-8-3-9-15-20)28(33)35-24(18-10-4-1-5-11-18)19-12-6-2-7-13-19;1-6-2-4-7(5-3-6)11(8,9)10/h1-15,22,24,26H,16-17,29H2;2-5H,1H3,(H,8,9,10)/t22-,26+;/m1./s1. The van der Waals surface area contributed by atoms with Crippen molar-refractivity contribution >= 4 is 39.7 Å². The summed E-state index contributed by atoms with van der Waals surface area (Å²) in [6.45, 7) is 1.70. The molecule has 4 aromatic rings. The van der Waals surface area contributed by atoms with E-state index in [0.29, 0.717) is 16.9 Å². The van der Waals surface area contributed by atoms with Gasteiger partial charge in [-0.05, 0) is 42.3 Å². The van der Waals surface area contributed by atoms with Crippen LogP contribution in [0.15, 0.2) is 131 Å². The van der Waals surface area contributed by atoms with E-state index in [4.69, 9.17) is 19.8 Å². The van der Waals surface area contributed by atoms with E-state index in [1.807, 2.05) is 67.6 Å². The molecule has 1 saturated heterocycles. The second kappa shape index (κ2) is 14.8. The number of fused-ring (bicyclic) bond motifs is 1. The third-order valence-corrected chi connectivity index (χ3v) is 9.65. The lowest BCUT2D eigenvalue weighted by Crippen LogP contribution is -2.68. The molecule has 0 bridgehead atoms. The number of hydrogen-bond acceptors (Lipinski definition) is 9. The number of ether oxygens (including phenoxy) is 2. The summed E-state index contributed by atoms with van der Waals surface area (Å²) in [6.07, 6.45) is -0.682. The molecule has 10 nitrogen and oxygen atoms in total. The van der Waals surface area contributed by atoms with Crippen molar-refractivity contribution in [2.24, 2.45) is 5.73 Å². The highest BCUT2D eigenvalue weighted by molar-refractivity contribution is 8.00. The molecule has 2 aliphatic heterocycles. The number of rotatable bonds is 8. The zero-order valence-corrected chi connectivity index (χ0v) is 26.9. The summed E-state index contributed by atoms with van der Waals surface area (Å²) in [5.74, 6) is -1.15. The van der Waals surface area contributed by atoms with E-state index < -0.39 is 34.2 Å². The monoisotopic (exact) mass is 672 g/mol. The van der Waals surface area contributed by atoms with Crippen LogP contribution in [-0.2, 0) is 29.2 Å². The highest BCUT2D eigenvalue weighted by atomic mass is 32.2. The number of carbonyl (C=O) groups is 3. The summed E-state index contributed by atoms with van der Waals surface area (Å²) in [4.78, 5) is 40.2. The van der Waals surface area contributed by atoms with Gasteiger partial charge < -0.3 is 15.2 Å². The van der Waals surface area contributed by atoms with E-state index >= 15 is 0 Å². The molecule has 6 rings (SSSR count). The van der Waals surface area contributed by atoms with Gasteiger partial charge in [-0.15, -0.1) is 11.8 Å². The van der Waals surface area contributed by atoms with Crippen LogP contribution in [0.5, 0.6) is 0 Å². The molecule has 2 atom stereocenters. The van der Waals surface area contributed by atoms with Crippen molar-refractivity contribution in [2.45, 2.75) is 29.3 Å². The second-order valence-electron chi connectivity index (χ2n) is 10.7. The summed E-state index contributed by atoms with van der Waals surface area (Å²) in [5.41, 5.74) is 9.55. The lowest BCUT2D eigenvalue weighted by Gasteiger charge is -2.48. The Morgan fingerprint density at radius 2 is 1.40 bits per heavy atom.